The number of nitrogens with zero attached hydrogens (tertiary/aromatic N) is 2. The van der Waals surface area contributed by atoms with Gasteiger partial charge in [-0.3, -0.25) is 4.79 Å². The topological polar surface area (TPSA) is 66.9 Å². The van der Waals surface area contributed by atoms with Crippen LogP contribution in [0.15, 0.2) is 36.7 Å². The zero-order valence-electron chi connectivity index (χ0n) is 13.9. The van der Waals surface area contributed by atoms with E-state index >= 15 is 0 Å². The van der Waals surface area contributed by atoms with Gasteiger partial charge in [0, 0.05) is 25.5 Å². The van der Waals surface area contributed by atoms with Crippen molar-refractivity contribution < 1.29 is 9.18 Å². The van der Waals surface area contributed by atoms with Crippen molar-refractivity contribution in [3.8, 4) is 0 Å². The van der Waals surface area contributed by atoms with E-state index in [1.54, 1.807) is 12.1 Å². The van der Waals surface area contributed by atoms with Crippen molar-refractivity contribution in [2.45, 2.75) is 32.6 Å². The molecule has 1 amide bonds. The monoisotopic (exact) mass is 330 g/mol. The highest BCUT2D eigenvalue weighted by molar-refractivity contribution is 5.93. The molecule has 0 bridgehead atoms. The van der Waals surface area contributed by atoms with E-state index in [4.69, 9.17) is 0 Å². The van der Waals surface area contributed by atoms with E-state index in [0.29, 0.717) is 24.5 Å². The number of hydrogen-bond acceptors (Lipinski definition) is 4. The number of carbonyl (C=O) groups is 1. The number of unbranched alkanes of at least 4 members (excludes halogenated alkanes) is 2. The molecule has 0 radical (unpaired) electrons. The first kappa shape index (κ1) is 17.8. The number of benzene rings is 1. The highest BCUT2D eigenvalue weighted by Gasteiger charge is 2.06. The van der Waals surface area contributed by atoms with Gasteiger partial charge in [-0.05, 0) is 30.5 Å². The average molecular weight is 330 g/mol. The molecule has 1 aromatic carbocycles. The van der Waals surface area contributed by atoms with Crippen LogP contribution in [0.4, 0.5) is 10.3 Å². The highest BCUT2D eigenvalue weighted by atomic mass is 19.1. The van der Waals surface area contributed by atoms with Gasteiger partial charge in [-0.2, -0.15) is 0 Å². The fourth-order valence-electron chi connectivity index (χ4n) is 2.19. The van der Waals surface area contributed by atoms with Crippen molar-refractivity contribution in [2.75, 3.05) is 18.4 Å². The van der Waals surface area contributed by atoms with Gasteiger partial charge in [0.25, 0.3) is 5.91 Å². The Bertz CT molecular complexity index is 628. The van der Waals surface area contributed by atoms with Crippen molar-refractivity contribution in [3.05, 3.63) is 53.6 Å². The van der Waals surface area contributed by atoms with Gasteiger partial charge in [0.2, 0.25) is 5.95 Å². The third kappa shape index (κ3) is 5.95. The normalized spacial score (nSPS) is 10.4. The molecule has 2 rings (SSSR count). The molecule has 0 saturated heterocycles. The lowest BCUT2D eigenvalue weighted by Gasteiger charge is -2.07. The van der Waals surface area contributed by atoms with Gasteiger partial charge in [-0.15, -0.1) is 0 Å². The molecule has 2 N–H and O–H groups in total. The number of nitrogens with one attached hydrogen (secondary N) is 2. The lowest BCUT2D eigenvalue weighted by Crippen LogP contribution is -2.26. The Labute approximate surface area is 141 Å². The van der Waals surface area contributed by atoms with E-state index < -0.39 is 0 Å². The number of aromatic nitrogens is 2. The minimum atomic E-state index is -0.261. The minimum absolute atomic E-state index is 0.213. The largest absolute Gasteiger partial charge is 0.354 e. The van der Waals surface area contributed by atoms with Crippen LogP contribution in [0.5, 0.6) is 0 Å². The van der Waals surface area contributed by atoms with Crippen molar-refractivity contribution in [1.29, 1.82) is 0 Å². The van der Waals surface area contributed by atoms with Crippen molar-refractivity contribution in [2.24, 2.45) is 0 Å². The first-order chi connectivity index (χ1) is 11.7. The number of amides is 1. The molecule has 0 aliphatic carbocycles. The maximum atomic E-state index is 12.8. The Hall–Kier alpha value is -2.50. The summed E-state index contributed by atoms with van der Waals surface area (Å²) in [6, 6.07) is 6.25. The summed E-state index contributed by atoms with van der Waals surface area (Å²) in [6.07, 6.45) is 7.08. The van der Waals surface area contributed by atoms with Gasteiger partial charge in [0.15, 0.2) is 0 Å². The third-order valence-corrected chi connectivity index (χ3v) is 3.59. The van der Waals surface area contributed by atoms with Crippen LogP contribution in [0.2, 0.25) is 0 Å². The van der Waals surface area contributed by atoms with Gasteiger partial charge in [-0.25, -0.2) is 14.4 Å². The molecule has 0 spiro atoms. The molecule has 2 aromatic rings. The van der Waals surface area contributed by atoms with Crippen LogP contribution < -0.4 is 10.6 Å². The zero-order valence-corrected chi connectivity index (χ0v) is 13.9. The Morgan fingerprint density at radius 2 is 1.79 bits per heavy atom. The van der Waals surface area contributed by atoms with E-state index in [9.17, 15) is 9.18 Å². The number of anilines is 1. The molecular weight excluding hydrogens is 307 g/mol. The molecule has 24 heavy (non-hydrogen) atoms. The zero-order chi connectivity index (χ0) is 17.2. The molecule has 6 heteroatoms. The summed E-state index contributed by atoms with van der Waals surface area (Å²) >= 11 is 0. The summed E-state index contributed by atoms with van der Waals surface area (Å²) in [4.78, 5) is 20.3. The molecule has 0 atom stereocenters. The third-order valence-electron chi connectivity index (χ3n) is 3.59. The van der Waals surface area contributed by atoms with Gasteiger partial charge in [-0.1, -0.05) is 31.9 Å². The molecule has 1 heterocycles. The quantitative estimate of drug-likeness (QED) is 0.693. The lowest BCUT2D eigenvalue weighted by atomic mass is 10.1. The highest BCUT2D eigenvalue weighted by Crippen LogP contribution is 2.04. The average Bonchev–Trinajstić information content (AvgIpc) is 2.61. The summed E-state index contributed by atoms with van der Waals surface area (Å²) in [7, 11) is 0. The second-order valence-electron chi connectivity index (χ2n) is 5.56. The van der Waals surface area contributed by atoms with Crippen LogP contribution in [0.1, 0.15) is 42.1 Å². The predicted octanol–water partition coefficient (Wildman–Crippen LogP) is 3.19. The molecular formula is C18H23FN4O. The van der Waals surface area contributed by atoms with Crippen LogP contribution in [0.3, 0.4) is 0 Å². The first-order valence-corrected chi connectivity index (χ1v) is 8.27. The standard InChI is InChI=1S/C18H23FN4O/c1-2-3-4-10-21-18-22-12-15(13-23-18)17(24)20-11-9-14-5-7-16(19)8-6-14/h5-8,12-13H,2-4,9-11H2,1H3,(H,20,24)(H,21,22,23). The summed E-state index contributed by atoms with van der Waals surface area (Å²) in [6.45, 7) is 3.46. The Morgan fingerprint density at radius 3 is 2.46 bits per heavy atom. The molecule has 128 valence electrons. The SMILES string of the molecule is CCCCCNc1ncc(C(=O)NCCc2ccc(F)cc2)cn1. The minimum Gasteiger partial charge on any atom is -0.354 e. The maximum Gasteiger partial charge on any atom is 0.254 e. The van der Waals surface area contributed by atoms with Gasteiger partial charge in [0.05, 0.1) is 5.56 Å². The van der Waals surface area contributed by atoms with E-state index in [0.717, 1.165) is 18.5 Å². The van der Waals surface area contributed by atoms with E-state index in [2.05, 4.69) is 27.5 Å². The molecule has 0 saturated carbocycles. The lowest BCUT2D eigenvalue weighted by molar-refractivity contribution is 0.0953. The molecule has 0 aliphatic heterocycles. The van der Waals surface area contributed by atoms with Crippen molar-refractivity contribution in [1.82, 2.24) is 15.3 Å². The number of rotatable bonds is 9. The second-order valence-corrected chi connectivity index (χ2v) is 5.56. The van der Waals surface area contributed by atoms with Gasteiger partial charge in [0.1, 0.15) is 5.82 Å². The predicted molar refractivity (Wildman–Crippen MR) is 92.5 cm³/mol. The van der Waals surface area contributed by atoms with Crippen LogP contribution in [-0.4, -0.2) is 29.0 Å². The molecule has 1 aromatic heterocycles. The van der Waals surface area contributed by atoms with Crippen molar-refractivity contribution in [3.63, 3.8) is 0 Å². The van der Waals surface area contributed by atoms with Gasteiger partial charge >= 0.3 is 0 Å². The fraction of sp³-hybridized carbons (Fsp3) is 0.389. The molecule has 0 unspecified atom stereocenters. The summed E-state index contributed by atoms with van der Waals surface area (Å²) in [5.41, 5.74) is 1.40. The maximum absolute atomic E-state index is 12.8. The Kier molecular flexibility index (Phi) is 7.14. The van der Waals surface area contributed by atoms with Crippen LogP contribution in [0, 0.1) is 5.82 Å². The summed E-state index contributed by atoms with van der Waals surface area (Å²) in [5.74, 6) is 0.0620. The van der Waals surface area contributed by atoms with Crippen LogP contribution in [-0.2, 0) is 6.42 Å². The van der Waals surface area contributed by atoms with Crippen LogP contribution in [0.25, 0.3) is 0 Å². The van der Waals surface area contributed by atoms with E-state index in [1.807, 2.05) is 0 Å². The smallest absolute Gasteiger partial charge is 0.254 e. The second kappa shape index (κ2) is 9.60. The van der Waals surface area contributed by atoms with Gasteiger partial charge < -0.3 is 10.6 Å². The van der Waals surface area contributed by atoms with Crippen molar-refractivity contribution >= 4 is 11.9 Å². The summed E-state index contributed by atoms with van der Waals surface area (Å²) in [5, 5.41) is 5.94. The molecule has 0 fully saturated rings. The Balaban J connectivity index is 1.74. The summed E-state index contributed by atoms with van der Waals surface area (Å²) < 4.78 is 12.8. The number of carbonyl (C=O) groups excluding carboxylic acids is 1. The Morgan fingerprint density at radius 1 is 1.08 bits per heavy atom. The first-order valence-electron chi connectivity index (χ1n) is 8.27. The molecule has 5 nitrogen and oxygen atoms in total. The fourth-order valence-corrected chi connectivity index (χ4v) is 2.19. The number of halogens is 1. The molecule has 0 aliphatic rings. The van der Waals surface area contributed by atoms with E-state index in [1.165, 1.54) is 37.4 Å². The number of hydrogen-bond donors (Lipinski definition) is 2. The van der Waals surface area contributed by atoms with Crippen LogP contribution >= 0.6 is 0 Å². The van der Waals surface area contributed by atoms with E-state index in [-0.39, 0.29) is 11.7 Å².